The summed E-state index contributed by atoms with van der Waals surface area (Å²) in [5, 5.41) is 11.6. The Morgan fingerprint density at radius 1 is 1.29 bits per heavy atom. The highest BCUT2D eigenvalue weighted by atomic mass is 16.3. The van der Waals surface area contributed by atoms with Gasteiger partial charge < -0.3 is 9.73 Å². The molecule has 0 bridgehead atoms. The zero-order valence-corrected chi connectivity index (χ0v) is 10.5. The van der Waals surface area contributed by atoms with Gasteiger partial charge in [-0.3, -0.25) is 4.57 Å². The molecule has 2 aromatic heterocycles. The van der Waals surface area contributed by atoms with E-state index in [1.165, 1.54) is 0 Å². The van der Waals surface area contributed by atoms with Crippen LogP contribution in [0.15, 0.2) is 16.7 Å². The Hall–Kier alpha value is -1.78. The molecule has 5 heteroatoms. The first-order valence-corrected chi connectivity index (χ1v) is 6.05. The summed E-state index contributed by atoms with van der Waals surface area (Å²) in [5.41, 5.74) is 1.03. The summed E-state index contributed by atoms with van der Waals surface area (Å²) in [4.78, 5) is 0. The van der Waals surface area contributed by atoms with Gasteiger partial charge in [0.25, 0.3) is 0 Å². The maximum atomic E-state index is 5.44. The number of aromatic nitrogens is 3. The van der Waals surface area contributed by atoms with Gasteiger partial charge in [-0.2, -0.15) is 0 Å². The minimum Gasteiger partial charge on any atom is -0.469 e. The molecule has 2 rings (SSSR count). The van der Waals surface area contributed by atoms with E-state index in [0.717, 1.165) is 42.6 Å². The summed E-state index contributed by atoms with van der Waals surface area (Å²) in [7, 11) is 0. The van der Waals surface area contributed by atoms with Gasteiger partial charge in [0.1, 0.15) is 5.76 Å². The molecular weight excluding hydrogens is 216 g/mol. The number of anilines is 1. The van der Waals surface area contributed by atoms with Crippen LogP contribution < -0.4 is 5.32 Å². The average molecular weight is 234 g/mol. The van der Waals surface area contributed by atoms with E-state index in [1.807, 2.05) is 13.0 Å². The zero-order valence-electron chi connectivity index (χ0n) is 10.5. The topological polar surface area (TPSA) is 55.9 Å². The number of furan rings is 1. The largest absolute Gasteiger partial charge is 0.469 e. The Labute approximate surface area is 101 Å². The Morgan fingerprint density at radius 2 is 2.12 bits per heavy atom. The van der Waals surface area contributed by atoms with Gasteiger partial charge >= 0.3 is 0 Å². The van der Waals surface area contributed by atoms with Crippen LogP contribution in [0.4, 0.5) is 5.95 Å². The van der Waals surface area contributed by atoms with Gasteiger partial charge in [-0.05, 0) is 19.9 Å². The molecule has 0 saturated heterocycles. The smallest absolute Gasteiger partial charge is 0.224 e. The fourth-order valence-electron chi connectivity index (χ4n) is 1.90. The molecule has 92 valence electrons. The highest BCUT2D eigenvalue weighted by molar-refractivity contribution is 5.59. The molecule has 0 amide bonds. The molecule has 2 heterocycles. The van der Waals surface area contributed by atoms with Gasteiger partial charge in [-0.25, -0.2) is 0 Å². The van der Waals surface area contributed by atoms with Crippen LogP contribution in [-0.2, 0) is 13.0 Å². The first kappa shape index (κ1) is 11.7. The van der Waals surface area contributed by atoms with Crippen LogP contribution in [0.3, 0.4) is 0 Å². The summed E-state index contributed by atoms with van der Waals surface area (Å²) in [6, 6.07) is 1.95. The van der Waals surface area contributed by atoms with Crippen molar-refractivity contribution >= 4 is 5.95 Å². The summed E-state index contributed by atoms with van der Waals surface area (Å²) in [5.74, 6) is 2.64. The second kappa shape index (κ2) is 5.03. The number of nitrogens with zero attached hydrogens (tertiary/aromatic N) is 3. The van der Waals surface area contributed by atoms with Crippen molar-refractivity contribution in [3.63, 3.8) is 0 Å². The zero-order chi connectivity index (χ0) is 12.3. The molecule has 0 aliphatic carbocycles. The number of aryl methyl sites for hydroxylation is 1. The molecule has 0 atom stereocenters. The summed E-state index contributed by atoms with van der Waals surface area (Å²) in [6.45, 7) is 7.87. The molecule has 2 aromatic rings. The lowest BCUT2D eigenvalue weighted by atomic mass is 10.2. The molecule has 0 radical (unpaired) electrons. The van der Waals surface area contributed by atoms with E-state index in [-0.39, 0.29) is 0 Å². The van der Waals surface area contributed by atoms with E-state index in [9.17, 15) is 0 Å². The SMILES string of the molecule is CCNc1nnc(-c2ccoc2CC)n1CC. The van der Waals surface area contributed by atoms with Crippen LogP contribution in [-0.4, -0.2) is 21.3 Å². The predicted octanol–water partition coefficient (Wildman–Crippen LogP) is 2.55. The van der Waals surface area contributed by atoms with Crippen molar-refractivity contribution in [1.82, 2.24) is 14.8 Å². The van der Waals surface area contributed by atoms with Gasteiger partial charge in [0.15, 0.2) is 5.82 Å². The van der Waals surface area contributed by atoms with E-state index in [4.69, 9.17) is 4.42 Å². The number of rotatable bonds is 5. The Bertz CT molecular complexity index is 486. The van der Waals surface area contributed by atoms with Gasteiger partial charge in [-0.1, -0.05) is 6.92 Å². The van der Waals surface area contributed by atoms with Crippen molar-refractivity contribution < 1.29 is 4.42 Å². The van der Waals surface area contributed by atoms with Gasteiger partial charge in [0.05, 0.1) is 11.8 Å². The van der Waals surface area contributed by atoms with Gasteiger partial charge in [0, 0.05) is 19.5 Å². The van der Waals surface area contributed by atoms with Crippen molar-refractivity contribution in [3.05, 3.63) is 18.1 Å². The Balaban J connectivity index is 2.45. The van der Waals surface area contributed by atoms with E-state index < -0.39 is 0 Å². The van der Waals surface area contributed by atoms with Gasteiger partial charge in [0.2, 0.25) is 5.95 Å². The normalized spacial score (nSPS) is 10.8. The van der Waals surface area contributed by atoms with Crippen LogP contribution >= 0.6 is 0 Å². The fraction of sp³-hybridized carbons (Fsp3) is 0.500. The highest BCUT2D eigenvalue weighted by Gasteiger charge is 2.16. The summed E-state index contributed by atoms with van der Waals surface area (Å²) < 4.78 is 7.50. The molecule has 0 aliphatic rings. The predicted molar refractivity (Wildman–Crippen MR) is 66.9 cm³/mol. The summed E-state index contributed by atoms with van der Waals surface area (Å²) in [6.07, 6.45) is 2.56. The van der Waals surface area contributed by atoms with Crippen molar-refractivity contribution in [2.75, 3.05) is 11.9 Å². The standard InChI is InChI=1S/C12H18N4O/c1-4-10-9(7-8-17-10)11-14-15-12(13-5-2)16(11)6-3/h7-8H,4-6H2,1-3H3,(H,13,15). The quantitative estimate of drug-likeness (QED) is 0.863. The van der Waals surface area contributed by atoms with E-state index in [2.05, 4.69) is 33.9 Å². The number of hydrogen-bond donors (Lipinski definition) is 1. The average Bonchev–Trinajstić information content (AvgIpc) is 2.94. The van der Waals surface area contributed by atoms with E-state index in [0.29, 0.717) is 0 Å². The van der Waals surface area contributed by atoms with Crippen molar-refractivity contribution in [2.24, 2.45) is 0 Å². The second-order valence-electron chi connectivity index (χ2n) is 3.73. The fourth-order valence-corrected chi connectivity index (χ4v) is 1.90. The number of nitrogens with one attached hydrogen (secondary N) is 1. The molecular formula is C12H18N4O. The molecule has 5 nitrogen and oxygen atoms in total. The van der Waals surface area contributed by atoms with Crippen molar-refractivity contribution in [1.29, 1.82) is 0 Å². The lowest BCUT2D eigenvalue weighted by Gasteiger charge is -2.07. The van der Waals surface area contributed by atoms with Crippen LogP contribution in [0, 0.1) is 0 Å². The lowest BCUT2D eigenvalue weighted by molar-refractivity contribution is 0.516. The molecule has 17 heavy (non-hydrogen) atoms. The first-order chi connectivity index (χ1) is 8.31. The van der Waals surface area contributed by atoms with E-state index in [1.54, 1.807) is 6.26 Å². The Morgan fingerprint density at radius 3 is 2.76 bits per heavy atom. The van der Waals surface area contributed by atoms with Crippen LogP contribution in [0.25, 0.3) is 11.4 Å². The number of hydrogen-bond acceptors (Lipinski definition) is 4. The molecule has 0 unspecified atom stereocenters. The van der Waals surface area contributed by atoms with Crippen LogP contribution in [0.1, 0.15) is 26.5 Å². The van der Waals surface area contributed by atoms with E-state index >= 15 is 0 Å². The first-order valence-electron chi connectivity index (χ1n) is 6.05. The highest BCUT2D eigenvalue weighted by Crippen LogP contribution is 2.25. The molecule has 0 aliphatic heterocycles. The van der Waals surface area contributed by atoms with Crippen LogP contribution in [0.2, 0.25) is 0 Å². The minimum absolute atomic E-state index is 0.813. The molecule has 0 aromatic carbocycles. The monoisotopic (exact) mass is 234 g/mol. The van der Waals surface area contributed by atoms with Gasteiger partial charge in [-0.15, -0.1) is 10.2 Å². The summed E-state index contributed by atoms with van der Waals surface area (Å²) >= 11 is 0. The lowest BCUT2D eigenvalue weighted by Crippen LogP contribution is -2.07. The molecule has 0 saturated carbocycles. The van der Waals surface area contributed by atoms with Crippen molar-refractivity contribution in [3.8, 4) is 11.4 Å². The third kappa shape index (κ3) is 2.05. The third-order valence-electron chi connectivity index (χ3n) is 2.71. The third-order valence-corrected chi connectivity index (χ3v) is 2.71. The Kier molecular flexibility index (Phi) is 3.46. The van der Waals surface area contributed by atoms with Crippen molar-refractivity contribution in [2.45, 2.75) is 33.7 Å². The molecule has 0 fully saturated rings. The minimum atomic E-state index is 0.813. The molecule has 0 spiro atoms. The van der Waals surface area contributed by atoms with Crippen LogP contribution in [0.5, 0.6) is 0 Å². The maximum absolute atomic E-state index is 5.44. The maximum Gasteiger partial charge on any atom is 0.224 e. The second-order valence-corrected chi connectivity index (χ2v) is 3.73. The molecule has 1 N–H and O–H groups in total.